The van der Waals surface area contributed by atoms with E-state index in [1.165, 1.54) is 5.56 Å². The Balaban J connectivity index is 1.81. The number of hydrogen-bond donors (Lipinski definition) is 0. The van der Waals surface area contributed by atoms with Crippen molar-refractivity contribution in [2.75, 3.05) is 13.1 Å². The highest BCUT2D eigenvalue weighted by Crippen LogP contribution is 2.23. The average molecular weight is 324 g/mol. The normalized spacial score (nSPS) is 18.3. The zero-order valence-corrected chi connectivity index (χ0v) is 13.1. The third-order valence-electron chi connectivity index (χ3n) is 3.92. The van der Waals surface area contributed by atoms with E-state index < -0.39 is 0 Å². The van der Waals surface area contributed by atoms with Gasteiger partial charge in [-0.05, 0) is 37.2 Å². The lowest BCUT2D eigenvalue weighted by Crippen LogP contribution is -2.42. The number of alkyl halides is 1. The van der Waals surface area contributed by atoms with Crippen LogP contribution in [0.2, 0.25) is 0 Å². The van der Waals surface area contributed by atoms with Crippen molar-refractivity contribution in [1.29, 1.82) is 0 Å². The molecule has 1 aliphatic heterocycles. The van der Waals surface area contributed by atoms with Gasteiger partial charge in [0, 0.05) is 13.1 Å². The quantitative estimate of drug-likeness (QED) is 0.775. The number of carbonyl (C=O) groups is 1. The number of halogens is 1. The molecule has 1 saturated heterocycles. The fraction of sp³-hybridized carbons (Fsp3) is 0.562. The Bertz CT molecular complexity index is 398. The lowest BCUT2D eigenvalue weighted by molar-refractivity contribution is -0.131. The van der Waals surface area contributed by atoms with Crippen LogP contribution in [0.15, 0.2) is 30.3 Å². The third kappa shape index (κ3) is 4.07. The Kier molecular flexibility index (Phi) is 5.44. The van der Waals surface area contributed by atoms with Crippen molar-refractivity contribution in [2.45, 2.75) is 37.4 Å². The number of benzene rings is 1. The van der Waals surface area contributed by atoms with Crippen LogP contribution in [-0.2, 0) is 11.2 Å². The predicted molar refractivity (Wildman–Crippen MR) is 82.5 cm³/mol. The SMILES string of the molecule is CC[C@H](Br)C(=O)N1CCC(Cc2ccccc2)CC1. The lowest BCUT2D eigenvalue weighted by atomic mass is 9.90. The first-order valence-corrected chi connectivity index (χ1v) is 8.09. The van der Waals surface area contributed by atoms with E-state index in [-0.39, 0.29) is 10.7 Å². The standard InChI is InChI=1S/C16H22BrNO/c1-2-15(17)16(19)18-10-8-14(9-11-18)12-13-6-4-3-5-7-13/h3-7,14-15H,2,8-12H2,1H3/t15-/m0/s1. The van der Waals surface area contributed by atoms with E-state index in [1.54, 1.807) is 0 Å². The molecule has 104 valence electrons. The summed E-state index contributed by atoms with van der Waals surface area (Å²) in [6.45, 7) is 3.87. The number of piperidine rings is 1. The summed E-state index contributed by atoms with van der Waals surface area (Å²) in [5, 5.41) is 0. The maximum atomic E-state index is 12.1. The maximum Gasteiger partial charge on any atom is 0.236 e. The highest BCUT2D eigenvalue weighted by molar-refractivity contribution is 9.10. The second-order valence-electron chi connectivity index (χ2n) is 5.33. The Hall–Kier alpha value is -0.830. The van der Waals surface area contributed by atoms with Crippen LogP contribution >= 0.6 is 15.9 Å². The Labute approximate surface area is 124 Å². The molecule has 0 saturated carbocycles. The van der Waals surface area contributed by atoms with E-state index in [0.29, 0.717) is 0 Å². The number of hydrogen-bond acceptors (Lipinski definition) is 1. The first-order chi connectivity index (χ1) is 9.20. The molecule has 0 unspecified atom stereocenters. The van der Waals surface area contributed by atoms with E-state index in [2.05, 4.69) is 46.3 Å². The van der Waals surface area contributed by atoms with Gasteiger partial charge in [-0.15, -0.1) is 0 Å². The maximum absolute atomic E-state index is 12.1. The number of amides is 1. The Morgan fingerprint density at radius 2 is 1.95 bits per heavy atom. The minimum Gasteiger partial charge on any atom is -0.342 e. The molecule has 19 heavy (non-hydrogen) atoms. The van der Waals surface area contributed by atoms with Gasteiger partial charge in [-0.1, -0.05) is 53.2 Å². The molecule has 1 heterocycles. The Morgan fingerprint density at radius 1 is 1.32 bits per heavy atom. The van der Waals surface area contributed by atoms with E-state index in [9.17, 15) is 4.79 Å². The molecule has 1 aliphatic rings. The first-order valence-electron chi connectivity index (χ1n) is 7.17. The minimum absolute atomic E-state index is 0.00169. The summed E-state index contributed by atoms with van der Waals surface area (Å²) in [7, 11) is 0. The Morgan fingerprint density at radius 3 is 2.53 bits per heavy atom. The average Bonchev–Trinajstić information content (AvgIpc) is 2.47. The molecular formula is C16H22BrNO. The van der Waals surface area contributed by atoms with Crippen LogP contribution in [0.1, 0.15) is 31.7 Å². The molecule has 0 aromatic heterocycles. The van der Waals surface area contributed by atoms with Crippen LogP contribution in [-0.4, -0.2) is 28.7 Å². The smallest absolute Gasteiger partial charge is 0.236 e. The van der Waals surface area contributed by atoms with Gasteiger partial charge < -0.3 is 4.90 Å². The van der Waals surface area contributed by atoms with Crippen LogP contribution in [0.3, 0.4) is 0 Å². The van der Waals surface area contributed by atoms with Gasteiger partial charge in [-0.25, -0.2) is 0 Å². The summed E-state index contributed by atoms with van der Waals surface area (Å²) in [6.07, 6.45) is 4.27. The minimum atomic E-state index is -0.00169. The third-order valence-corrected chi connectivity index (χ3v) is 4.96. The predicted octanol–water partition coefficient (Wildman–Crippen LogP) is 3.64. The van der Waals surface area contributed by atoms with Crippen LogP contribution in [0.25, 0.3) is 0 Å². The monoisotopic (exact) mass is 323 g/mol. The summed E-state index contributed by atoms with van der Waals surface area (Å²) >= 11 is 3.46. The van der Waals surface area contributed by atoms with Crippen LogP contribution < -0.4 is 0 Å². The van der Waals surface area contributed by atoms with Gasteiger partial charge in [0.2, 0.25) is 5.91 Å². The van der Waals surface area contributed by atoms with Crippen molar-refractivity contribution >= 4 is 21.8 Å². The van der Waals surface area contributed by atoms with Crippen molar-refractivity contribution in [3.63, 3.8) is 0 Å². The molecule has 1 amide bonds. The number of nitrogens with zero attached hydrogens (tertiary/aromatic N) is 1. The second-order valence-corrected chi connectivity index (χ2v) is 6.44. The number of rotatable bonds is 4. The fourth-order valence-electron chi connectivity index (χ4n) is 2.68. The van der Waals surface area contributed by atoms with Gasteiger partial charge in [0.05, 0.1) is 4.83 Å². The zero-order valence-electron chi connectivity index (χ0n) is 11.5. The van der Waals surface area contributed by atoms with Gasteiger partial charge in [0.1, 0.15) is 0 Å². The van der Waals surface area contributed by atoms with E-state index >= 15 is 0 Å². The topological polar surface area (TPSA) is 20.3 Å². The zero-order chi connectivity index (χ0) is 13.7. The van der Waals surface area contributed by atoms with Crippen molar-refractivity contribution in [3.8, 4) is 0 Å². The van der Waals surface area contributed by atoms with Crippen LogP contribution in [0, 0.1) is 5.92 Å². The van der Waals surface area contributed by atoms with Crippen molar-refractivity contribution in [2.24, 2.45) is 5.92 Å². The second kappa shape index (κ2) is 7.09. The van der Waals surface area contributed by atoms with Gasteiger partial charge in [0.25, 0.3) is 0 Å². The van der Waals surface area contributed by atoms with Crippen molar-refractivity contribution < 1.29 is 4.79 Å². The molecule has 0 radical (unpaired) electrons. The molecule has 0 aliphatic carbocycles. The summed E-state index contributed by atoms with van der Waals surface area (Å²) in [6, 6.07) is 10.7. The molecule has 0 bridgehead atoms. The molecule has 1 aromatic rings. The van der Waals surface area contributed by atoms with Gasteiger partial charge >= 0.3 is 0 Å². The summed E-state index contributed by atoms with van der Waals surface area (Å²) in [5.74, 6) is 0.988. The molecular weight excluding hydrogens is 302 g/mol. The van der Waals surface area contributed by atoms with Crippen LogP contribution in [0.5, 0.6) is 0 Å². The molecule has 2 rings (SSSR count). The summed E-state index contributed by atoms with van der Waals surface area (Å²) in [5.41, 5.74) is 1.42. The van der Waals surface area contributed by atoms with Crippen LogP contribution in [0.4, 0.5) is 0 Å². The molecule has 2 nitrogen and oxygen atoms in total. The molecule has 1 atom stereocenters. The van der Waals surface area contributed by atoms with Gasteiger partial charge in [0.15, 0.2) is 0 Å². The molecule has 0 N–H and O–H groups in total. The fourth-order valence-corrected chi connectivity index (χ4v) is 2.97. The highest BCUT2D eigenvalue weighted by atomic mass is 79.9. The summed E-state index contributed by atoms with van der Waals surface area (Å²) in [4.78, 5) is 14.1. The van der Waals surface area contributed by atoms with Crippen molar-refractivity contribution in [1.82, 2.24) is 4.90 Å². The molecule has 0 spiro atoms. The molecule has 3 heteroatoms. The van der Waals surface area contributed by atoms with E-state index in [0.717, 1.165) is 44.7 Å². The van der Waals surface area contributed by atoms with Gasteiger partial charge in [-0.3, -0.25) is 4.79 Å². The highest BCUT2D eigenvalue weighted by Gasteiger charge is 2.25. The number of likely N-dealkylation sites (tertiary alicyclic amines) is 1. The largest absolute Gasteiger partial charge is 0.342 e. The van der Waals surface area contributed by atoms with E-state index in [4.69, 9.17) is 0 Å². The molecule has 1 fully saturated rings. The van der Waals surface area contributed by atoms with E-state index in [1.807, 2.05) is 11.8 Å². The molecule has 1 aromatic carbocycles. The van der Waals surface area contributed by atoms with Gasteiger partial charge in [-0.2, -0.15) is 0 Å². The van der Waals surface area contributed by atoms with Crippen molar-refractivity contribution in [3.05, 3.63) is 35.9 Å². The summed E-state index contributed by atoms with van der Waals surface area (Å²) < 4.78 is 0. The lowest BCUT2D eigenvalue weighted by Gasteiger charge is -2.33. The number of carbonyl (C=O) groups excluding carboxylic acids is 1. The first kappa shape index (κ1) is 14.6.